The lowest BCUT2D eigenvalue weighted by molar-refractivity contribution is 0.194. The third-order valence-electron chi connectivity index (χ3n) is 2.99. The summed E-state index contributed by atoms with van der Waals surface area (Å²) in [4.78, 5) is 11.9. The largest absolute Gasteiger partial charge is 0.497 e. The zero-order valence-electron chi connectivity index (χ0n) is 10.7. The van der Waals surface area contributed by atoms with Crippen LogP contribution in [-0.2, 0) is 6.42 Å². The molecule has 1 heterocycles. The van der Waals surface area contributed by atoms with Gasteiger partial charge in [-0.1, -0.05) is 0 Å². The van der Waals surface area contributed by atoms with Gasteiger partial charge >= 0.3 is 5.63 Å². The number of hydrogen-bond donors (Lipinski definition) is 1. The lowest BCUT2D eigenvalue weighted by Crippen LogP contribution is -2.16. The molecule has 0 saturated heterocycles. The van der Waals surface area contributed by atoms with E-state index in [4.69, 9.17) is 9.15 Å². The van der Waals surface area contributed by atoms with Gasteiger partial charge in [0.1, 0.15) is 11.3 Å². The van der Waals surface area contributed by atoms with E-state index in [-0.39, 0.29) is 0 Å². The molecule has 0 saturated carbocycles. The molecular weight excluding hydrogens is 232 g/mol. The first-order chi connectivity index (χ1) is 8.52. The third kappa shape index (κ3) is 2.24. The van der Waals surface area contributed by atoms with Gasteiger partial charge in [-0.15, -0.1) is 0 Å². The van der Waals surface area contributed by atoms with Crippen LogP contribution in [-0.4, -0.2) is 18.3 Å². The van der Waals surface area contributed by atoms with Crippen molar-refractivity contribution in [2.45, 2.75) is 26.4 Å². The zero-order valence-corrected chi connectivity index (χ0v) is 10.7. The summed E-state index contributed by atoms with van der Waals surface area (Å²) in [5.74, 6) is 0.647. The van der Waals surface area contributed by atoms with Crippen LogP contribution in [0.25, 0.3) is 11.0 Å². The topological polar surface area (TPSA) is 59.7 Å². The fourth-order valence-electron chi connectivity index (χ4n) is 2.03. The van der Waals surface area contributed by atoms with Crippen LogP contribution in [0.5, 0.6) is 5.75 Å². The van der Waals surface area contributed by atoms with Crippen molar-refractivity contribution in [1.82, 2.24) is 0 Å². The number of rotatable bonds is 3. The Balaban J connectivity index is 2.67. The predicted octanol–water partition coefficient (Wildman–Crippen LogP) is 2.03. The van der Waals surface area contributed by atoms with Gasteiger partial charge in [0.05, 0.1) is 13.2 Å². The monoisotopic (exact) mass is 248 g/mol. The molecule has 0 bridgehead atoms. The highest BCUT2D eigenvalue weighted by atomic mass is 16.5. The van der Waals surface area contributed by atoms with Crippen LogP contribution in [0.1, 0.15) is 18.1 Å². The number of fused-ring (bicyclic) bond motifs is 1. The van der Waals surface area contributed by atoms with Gasteiger partial charge in [0, 0.05) is 23.4 Å². The number of aryl methyl sites for hydroxylation is 1. The Hall–Kier alpha value is -1.81. The summed E-state index contributed by atoms with van der Waals surface area (Å²) in [6.07, 6.45) is -0.266. The van der Waals surface area contributed by atoms with Gasteiger partial charge in [-0.05, 0) is 31.5 Å². The van der Waals surface area contributed by atoms with Crippen molar-refractivity contribution in [3.8, 4) is 5.75 Å². The second kappa shape index (κ2) is 4.82. The summed E-state index contributed by atoms with van der Waals surface area (Å²) >= 11 is 0. The van der Waals surface area contributed by atoms with Crippen molar-refractivity contribution in [2.24, 2.45) is 0 Å². The summed E-state index contributed by atoms with van der Waals surface area (Å²) in [5, 5.41) is 10.3. The molecule has 0 amide bonds. The lowest BCUT2D eigenvalue weighted by Gasteiger charge is -2.09. The fourth-order valence-corrected chi connectivity index (χ4v) is 2.03. The van der Waals surface area contributed by atoms with Crippen molar-refractivity contribution in [1.29, 1.82) is 0 Å². The maximum Gasteiger partial charge on any atom is 0.339 e. The number of hydrogen-bond acceptors (Lipinski definition) is 4. The van der Waals surface area contributed by atoms with E-state index < -0.39 is 11.7 Å². The van der Waals surface area contributed by atoms with Crippen molar-refractivity contribution in [2.75, 3.05) is 7.11 Å². The summed E-state index contributed by atoms with van der Waals surface area (Å²) < 4.78 is 10.4. The standard InChI is InChI=1S/C14H16O4/c1-8(15)6-12-9(2)11-5-4-10(17-3)7-13(11)18-14(12)16/h4-5,7-8,15H,6H2,1-3H3. The number of methoxy groups -OCH3 is 1. The van der Waals surface area contributed by atoms with E-state index in [1.807, 2.05) is 19.1 Å². The van der Waals surface area contributed by atoms with E-state index in [0.717, 1.165) is 10.9 Å². The van der Waals surface area contributed by atoms with Crippen LogP contribution in [0, 0.1) is 6.92 Å². The Bertz CT molecular complexity index is 625. The molecule has 0 spiro atoms. The Morgan fingerprint density at radius 1 is 1.44 bits per heavy atom. The van der Waals surface area contributed by atoms with E-state index >= 15 is 0 Å². The highest BCUT2D eigenvalue weighted by Gasteiger charge is 2.13. The summed E-state index contributed by atoms with van der Waals surface area (Å²) in [7, 11) is 1.56. The number of aliphatic hydroxyl groups is 1. The zero-order chi connectivity index (χ0) is 13.3. The Morgan fingerprint density at radius 3 is 2.78 bits per heavy atom. The third-order valence-corrected chi connectivity index (χ3v) is 2.99. The van der Waals surface area contributed by atoms with Gasteiger partial charge < -0.3 is 14.3 Å². The Kier molecular flexibility index (Phi) is 3.39. The number of aliphatic hydroxyl groups excluding tert-OH is 1. The molecule has 1 unspecified atom stereocenters. The predicted molar refractivity (Wildman–Crippen MR) is 69.2 cm³/mol. The first-order valence-corrected chi connectivity index (χ1v) is 5.81. The Morgan fingerprint density at radius 2 is 2.17 bits per heavy atom. The molecular formula is C14H16O4. The number of benzene rings is 1. The minimum absolute atomic E-state index is 0.302. The van der Waals surface area contributed by atoms with Crippen LogP contribution >= 0.6 is 0 Å². The second-order valence-electron chi connectivity index (χ2n) is 4.41. The molecule has 0 radical (unpaired) electrons. The average Bonchev–Trinajstić information content (AvgIpc) is 2.33. The quantitative estimate of drug-likeness (QED) is 0.844. The molecule has 1 aromatic carbocycles. The molecule has 0 aliphatic carbocycles. The summed E-state index contributed by atoms with van der Waals surface area (Å²) in [6, 6.07) is 5.37. The van der Waals surface area contributed by atoms with Gasteiger partial charge in [-0.3, -0.25) is 0 Å². The molecule has 18 heavy (non-hydrogen) atoms. The van der Waals surface area contributed by atoms with Crippen LogP contribution < -0.4 is 10.4 Å². The maximum absolute atomic E-state index is 11.9. The SMILES string of the molecule is COc1ccc2c(C)c(CC(C)O)c(=O)oc2c1. The highest BCUT2D eigenvalue weighted by Crippen LogP contribution is 2.24. The molecule has 96 valence electrons. The molecule has 0 fully saturated rings. The molecule has 4 nitrogen and oxygen atoms in total. The Labute approximate surface area is 105 Å². The normalized spacial score (nSPS) is 12.7. The summed E-state index contributed by atoms with van der Waals surface area (Å²) in [5.41, 5.74) is 1.49. The van der Waals surface area contributed by atoms with Crippen LogP contribution in [0.2, 0.25) is 0 Å². The van der Waals surface area contributed by atoms with Crippen LogP contribution in [0.15, 0.2) is 27.4 Å². The van der Waals surface area contributed by atoms with Crippen LogP contribution in [0.3, 0.4) is 0 Å². The summed E-state index contributed by atoms with van der Waals surface area (Å²) in [6.45, 7) is 3.51. The van der Waals surface area contributed by atoms with Crippen molar-refractivity contribution >= 4 is 11.0 Å². The van der Waals surface area contributed by atoms with E-state index in [1.165, 1.54) is 0 Å². The fraction of sp³-hybridized carbons (Fsp3) is 0.357. The second-order valence-corrected chi connectivity index (χ2v) is 4.41. The molecule has 0 aliphatic rings. The van der Waals surface area contributed by atoms with Gasteiger partial charge in [-0.2, -0.15) is 0 Å². The molecule has 2 aromatic rings. The van der Waals surface area contributed by atoms with Gasteiger partial charge in [0.15, 0.2) is 0 Å². The maximum atomic E-state index is 11.9. The first kappa shape index (κ1) is 12.6. The van der Waals surface area contributed by atoms with Crippen molar-refractivity contribution in [3.05, 3.63) is 39.7 Å². The lowest BCUT2D eigenvalue weighted by atomic mass is 10.0. The molecule has 1 N–H and O–H groups in total. The molecule has 4 heteroatoms. The van der Waals surface area contributed by atoms with Crippen molar-refractivity contribution < 1.29 is 14.3 Å². The minimum atomic E-state index is -0.567. The smallest absolute Gasteiger partial charge is 0.339 e. The van der Waals surface area contributed by atoms with E-state index in [2.05, 4.69) is 0 Å². The average molecular weight is 248 g/mol. The van der Waals surface area contributed by atoms with Gasteiger partial charge in [0.2, 0.25) is 0 Å². The molecule has 1 atom stereocenters. The van der Waals surface area contributed by atoms with E-state index in [0.29, 0.717) is 23.3 Å². The van der Waals surface area contributed by atoms with E-state index in [1.54, 1.807) is 20.1 Å². The molecule has 2 rings (SSSR count). The van der Waals surface area contributed by atoms with Gasteiger partial charge in [-0.25, -0.2) is 4.79 Å². The van der Waals surface area contributed by atoms with E-state index in [9.17, 15) is 9.90 Å². The molecule has 1 aromatic heterocycles. The van der Waals surface area contributed by atoms with Gasteiger partial charge in [0.25, 0.3) is 0 Å². The first-order valence-electron chi connectivity index (χ1n) is 5.81. The van der Waals surface area contributed by atoms with Crippen molar-refractivity contribution in [3.63, 3.8) is 0 Å². The molecule has 0 aliphatic heterocycles. The number of ether oxygens (including phenoxy) is 1. The highest BCUT2D eigenvalue weighted by molar-refractivity contribution is 5.82. The van der Waals surface area contributed by atoms with Crippen LogP contribution in [0.4, 0.5) is 0 Å². The minimum Gasteiger partial charge on any atom is -0.497 e.